The molecule has 1 aliphatic heterocycles. The Balaban J connectivity index is 2.16. The van der Waals surface area contributed by atoms with Crippen LogP contribution in [0, 0.1) is 9.39 Å². The molecule has 5 heteroatoms. The second-order valence-electron chi connectivity index (χ2n) is 3.67. The van der Waals surface area contributed by atoms with Crippen LogP contribution in [0.5, 0.6) is 0 Å². The Morgan fingerprint density at radius 3 is 2.69 bits per heavy atom. The van der Waals surface area contributed by atoms with Gasteiger partial charge in [-0.1, -0.05) is 0 Å². The molecule has 1 aromatic carbocycles. The fraction of sp³-hybridized carbons (Fsp3) is 0.364. The van der Waals surface area contributed by atoms with Gasteiger partial charge in [0.25, 0.3) is 5.91 Å². The van der Waals surface area contributed by atoms with Gasteiger partial charge in [0.2, 0.25) is 0 Å². The highest BCUT2D eigenvalue weighted by molar-refractivity contribution is 14.1. The Bertz CT molecular complexity index is 405. The highest BCUT2D eigenvalue weighted by Crippen LogP contribution is 2.14. The van der Waals surface area contributed by atoms with E-state index < -0.39 is 0 Å². The smallest absolute Gasteiger partial charge is 0.253 e. The summed E-state index contributed by atoms with van der Waals surface area (Å²) in [6.07, 6.45) is 0. The van der Waals surface area contributed by atoms with E-state index >= 15 is 0 Å². The summed E-state index contributed by atoms with van der Waals surface area (Å²) in [4.78, 5) is 13.8. The van der Waals surface area contributed by atoms with E-state index in [1.165, 1.54) is 6.07 Å². The van der Waals surface area contributed by atoms with Crippen LogP contribution in [-0.2, 0) is 0 Å². The number of nitrogens with zero attached hydrogens (tertiary/aromatic N) is 1. The molecule has 1 saturated heterocycles. The van der Waals surface area contributed by atoms with Gasteiger partial charge < -0.3 is 10.2 Å². The zero-order chi connectivity index (χ0) is 11.5. The molecule has 1 aliphatic rings. The van der Waals surface area contributed by atoms with Crippen molar-refractivity contribution in [1.29, 1.82) is 0 Å². The van der Waals surface area contributed by atoms with Crippen molar-refractivity contribution in [2.45, 2.75) is 0 Å². The van der Waals surface area contributed by atoms with Crippen LogP contribution in [0.4, 0.5) is 4.39 Å². The molecule has 16 heavy (non-hydrogen) atoms. The highest BCUT2D eigenvalue weighted by Gasteiger charge is 2.18. The highest BCUT2D eigenvalue weighted by atomic mass is 127. The van der Waals surface area contributed by atoms with Crippen LogP contribution in [0.25, 0.3) is 0 Å². The maximum atomic E-state index is 13.1. The van der Waals surface area contributed by atoms with Crippen molar-refractivity contribution < 1.29 is 9.18 Å². The number of hydrogen-bond acceptors (Lipinski definition) is 2. The molecule has 2 rings (SSSR count). The first-order valence-corrected chi connectivity index (χ1v) is 6.21. The molecule has 0 aliphatic carbocycles. The Labute approximate surface area is 107 Å². The molecule has 0 radical (unpaired) electrons. The van der Waals surface area contributed by atoms with Gasteiger partial charge in [-0.25, -0.2) is 4.39 Å². The lowest BCUT2D eigenvalue weighted by Gasteiger charge is -2.27. The summed E-state index contributed by atoms with van der Waals surface area (Å²) in [7, 11) is 0. The molecule has 0 aromatic heterocycles. The van der Waals surface area contributed by atoms with Gasteiger partial charge in [-0.15, -0.1) is 0 Å². The van der Waals surface area contributed by atoms with E-state index in [-0.39, 0.29) is 11.7 Å². The third-order valence-electron chi connectivity index (χ3n) is 2.57. The average molecular weight is 334 g/mol. The second kappa shape index (κ2) is 5.09. The predicted molar refractivity (Wildman–Crippen MR) is 67.9 cm³/mol. The van der Waals surface area contributed by atoms with Crippen LogP contribution in [0.3, 0.4) is 0 Å². The van der Waals surface area contributed by atoms with Crippen LogP contribution >= 0.6 is 22.6 Å². The van der Waals surface area contributed by atoms with Gasteiger partial charge in [0.1, 0.15) is 5.82 Å². The van der Waals surface area contributed by atoms with E-state index in [0.717, 1.165) is 13.1 Å². The number of carbonyl (C=O) groups is 1. The second-order valence-corrected chi connectivity index (χ2v) is 4.83. The van der Waals surface area contributed by atoms with Crippen molar-refractivity contribution in [2.75, 3.05) is 26.2 Å². The molecular formula is C11H12FIN2O. The minimum atomic E-state index is -0.280. The van der Waals surface area contributed by atoms with E-state index in [1.54, 1.807) is 17.0 Å². The maximum absolute atomic E-state index is 13.1. The number of rotatable bonds is 1. The number of nitrogens with one attached hydrogen (secondary N) is 1. The van der Waals surface area contributed by atoms with Gasteiger partial charge in [-0.3, -0.25) is 4.79 Å². The third kappa shape index (κ3) is 2.52. The molecule has 1 N–H and O–H groups in total. The van der Waals surface area contributed by atoms with Gasteiger partial charge >= 0.3 is 0 Å². The standard InChI is InChI=1S/C11H12FIN2O/c12-9-2-1-8(7-10(9)13)11(16)15-5-3-14-4-6-15/h1-2,7,14H,3-6H2. The molecule has 0 atom stereocenters. The quantitative estimate of drug-likeness (QED) is 0.789. The zero-order valence-corrected chi connectivity index (χ0v) is 10.8. The van der Waals surface area contributed by atoms with Crippen molar-refractivity contribution in [3.8, 4) is 0 Å². The van der Waals surface area contributed by atoms with Crippen LogP contribution in [-0.4, -0.2) is 37.0 Å². The SMILES string of the molecule is O=C(c1ccc(F)c(I)c1)N1CCNCC1. The molecule has 1 fully saturated rings. The van der Waals surface area contributed by atoms with Crippen molar-refractivity contribution in [3.63, 3.8) is 0 Å². The Morgan fingerprint density at radius 2 is 2.06 bits per heavy atom. The van der Waals surface area contributed by atoms with Crippen LogP contribution < -0.4 is 5.32 Å². The Kier molecular flexibility index (Phi) is 3.75. The fourth-order valence-electron chi connectivity index (χ4n) is 1.68. The lowest BCUT2D eigenvalue weighted by atomic mass is 10.2. The minimum absolute atomic E-state index is 0.0144. The van der Waals surface area contributed by atoms with E-state index in [1.807, 2.05) is 22.6 Å². The van der Waals surface area contributed by atoms with E-state index in [0.29, 0.717) is 22.2 Å². The van der Waals surface area contributed by atoms with Gasteiger partial charge in [0.15, 0.2) is 0 Å². The average Bonchev–Trinajstić information content (AvgIpc) is 2.33. The number of hydrogen-bond donors (Lipinski definition) is 1. The molecule has 3 nitrogen and oxygen atoms in total. The molecule has 1 aromatic rings. The molecule has 0 spiro atoms. The van der Waals surface area contributed by atoms with Crippen molar-refractivity contribution in [2.24, 2.45) is 0 Å². The van der Waals surface area contributed by atoms with E-state index in [2.05, 4.69) is 5.32 Å². The first-order valence-electron chi connectivity index (χ1n) is 5.13. The summed E-state index contributed by atoms with van der Waals surface area (Å²) in [5, 5.41) is 3.19. The third-order valence-corrected chi connectivity index (χ3v) is 3.40. The molecule has 0 bridgehead atoms. The Hall–Kier alpha value is -0.690. The number of piperazine rings is 1. The lowest BCUT2D eigenvalue weighted by Crippen LogP contribution is -2.46. The van der Waals surface area contributed by atoms with Crippen molar-refractivity contribution >= 4 is 28.5 Å². The lowest BCUT2D eigenvalue weighted by molar-refractivity contribution is 0.0735. The summed E-state index contributed by atoms with van der Waals surface area (Å²) in [6, 6.07) is 4.49. The number of amides is 1. The van der Waals surface area contributed by atoms with Crippen LogP contribution in [0.2, 0.25) is 0 Å². The van der Waals surface area contributed by atoms with Crippen molar-refractivity contribution in [1.82, 2.24) is 10.2 Å². The normalized spacial score (nSPS) is 16.2. The molecule has 0 saturated carbocycles. The van der Waals surface area contributed by atoms with Gasteiger partial charge in [-0.2, -0.15) is 0 Å². The first-order chi connectivity index (χ1) is 7.68. The summed E-state index contributed by atoms with van der Waals surface area (Å²) >= 11 is 1.90. The largest absolute Gasteiger partial charge is 0.336 e. The maximum Gasteiger partial charge on any atom is 0.253 e. The summed E-state index contributed by atoms with van der Waals surface area (Å²) in [5.74, 6) is -0.295. The summed E-state index contributed by atoms with van der Waals surface area (Å²) in [6.45, 7) is 3.08. The molecule has 1 amide bonds. The monoisotopic (exact) mass is 334 g/mol. The Morgan fingerprint density at radius 1 is 1.38 bits per heavy atom. The number of halogens is 2. The van der Waals surface area contributed by atoms with Crippen molar-refractivity contribution in [3.05, 3.63) is 33.1 Å². The molecule has 0 unspecified atom stereocenters. The van der Waals surface area contributed by atoms with E-state index in [4.69, 9.17) is 0 Å². The number of carbonyl (C=O) groups excluding carboxylic acids is 1. The number of benzene rings is 1. The fourth-order valence-corrected chi connectivity index (χ4v) is 2.19. The van der Waals surface area contributed by atoms with Gasteiger partial charge in [0.05, 0.1) is 0 Å². The van der Waals surface area contributed by atoms with E-state index in [9.17, 15) is 9.18 Å². The summed E-state index contributed by atoms with van der Waals surface area (Å²) in [5.41, 5.74) is 0.563. The topological polar surface area (TPSA) is 32.3 Å². The summed E-state index contributed by atoms with van der Waals surface area (Å²) < 4.78 is 13.5. The predicted octanol–water partition coefficient (Wildman–Crippen LogP) is 1.48. The molecule has 1 heterocycles. The van der Waals surface area contributed by atoms with Gasteiger partial charge in [0, 0.05) is 35.3 Å². The zero-order valence-electron chi connectivity index (χ0n) is 8.67. The molecule has 86 valence electrons. The first kappa shape index (κ1) is 11.8. The van der Waals surface area contributed by atoms with Crippen LogP contribution in [0.1, 0.15) is 10.4 Å². The van der Waals surface area contributed by atoms with Gasteiger partial charge in [-0.05, 0) is 40.8 Å². The minimum Gasteiger partial charge on any atom is -0.336 e. The molecular weight excluding hydrogens is 322 g/mol. The van der Waals surface area contributed by atoms with Crippen LogP contribution in [0.15, 0.2) is 18.2 Å².